The molecule has 0 bridgehead atoms. The van der Waals surface area contributed by atoms with Crippen LogP contribution in [0.3, 0.4) is 0 Å². The van der Waals surface area contributed by atoms with Gasteiger partial charge in [0.25, 0.3) is 5.56 Å². The van der Waals surface area contributed by atoms with Gasteiger partial charge in [-0.2, -0.15) is 5.10 Å². The molecule has 0 fully saturated rings. The number of rotatable bonds is 9. The monoisotopic (exact) mass is 345 g/mol. The Kier molecular flexibility index (Phi) is 7.84. The summed E-state index contributed by atoms with van der Waals surface area (Å²) in [5.41, 5.74) is 0.649. The second-order valence-electron chi connectivity index (χ2n) is 5.15. The summed E-state index contributed by atoms with van der Waals surface area (Å²) in [6.07, 6.45) is 3.64. The van der Waals surface area contributed by atoms with E-state index in [0.29, 0.717) is 16.9 Å². The van der Waals surface area contributed by atoms with E-state index >= 15 is 0 Å². The van der Waals surface area contributed by atoms with E-state index in [2.05, 4.69) is 47.1 Å². The van der Waals surface area contributed by atoms with Gasteiger partial charge >= 0.3 is 0 Å². The predicted molar refractivity (Wildman–Crippen MR) is 85.3 cm³/mol. The van der Waals surface area contributed by atoms with E-state index in [1.54, 1.807) is 6.20 Å². The number of hydrogen-bond acceptors (Lipinski definition) is 4. The Morgan fingerprint density at radius 1 is 1.45 bits per heavy atom. The van der Waals surface area contributed by atoms with E-state index in [1.165, 1.54) is 4.68 Å². The molecule has 20 heavy (non-hydrogen) atoms. The molecular weight excluding hydrogens is 322 g/mol. The lowest BCUT2D eigenvalue weighted by molar-refractivity contribution is 0.134. The molecule has 1 N–H and O–H groups in total. The minimum atomic E-state index is -0.0917. The topological polar surface area (TPSA) is 56.1 Å². The second-order valence-corrected chi connectivity index (χ2v) is 5.94. The largest absolute Gasteiger partial charge is 0.383 e. The Bertz CT molecular complexity index is 460. The van der Waals surface area contributed by atoms with Crippen molar-refractivity contribution in [2.45, 2.75) is 40.2 Å². The fraction of sp³-hybridized carbons (Fsp3) is 0.714. The zero-order valence-electron chi connectivity index (χ0n) is 12.5. The molecule has 1 aromatic rings. The number of aromatic nitrogens is 2. The van der Waals surface area contributed by atoms with Crippen LogP contribution in [0.15, 0.2) is 15.5 Å². The summed E-state index contributed by atoms with van der Waals surface area (Å²) in [4.78, 5) is 12.1. The summed E-state index contributed by atoms with van der Waals surface area (Å²) in [5.74, 6) is 0.390. The van der Waals surface area contributed by atoms with E-state index in [-0.39, 0.29) is 5.56 Å². The van der Waals surface area contributed by atoms with Crippen molar-refractivity contribution in [3.05, 3.63) is 21.0 Å². The molecule has 0 aliphatic carbocycles. The minimum absolute atomic E-state index is 0.0917. The first-order chi connectivity index (χ1) is 9.56. The lowest BCUT2D eigenvalue weighted by atomic mass is 10.2. The van der Waals surface area contributed by atoms with Gasteiger partial charge in [0.1, 0.15) is 4.47 Å². The molecule has 5 nitrogen and oxygen atoms in total. The highest BCUT2D eigenvalue weighted by Crippen LogP contribution is 2.16. The first-order valence-corrected chi connectivity index (χ1v) is 7.92. The fourth-order valence-corrected chi connectivity index (χ4v) is 2.16. The molecule has 0 saturated carbocycles. The summed E-state index contributed by atoms with van der Waals surface area (Å²) in [6, 6.07) is 0. The molecule has 1 rings (SSSR count). The van der Waals surface area contributed by atoms with Gasteiger partial charge in [0.15, 0.2) is 0 Å². The molecule has 114 valence electrons. The van der Waals surface area contributed by atoms with Crippen LogP contribution in [0.4, 0.5) is 5.69 Å². The fourth-order valence-electron chi connectivity index (χ4n) is 1.71. The molecular formula is C14H24BrN3O2. The van der Waals surface area contributed by atoms with Crippen LogP contribution < -0.4 is 10.9 Å². The van der Waals surface area contributed by atoms with E-state index in [1.807, 2.05) is 0 Å². The smallest absolute Gasteiger partial charge is 0.283 e. The SMILES string of the molecule is CCCOCCCNc1cnn(CC(C)C)c(=O)c1Br. The van der Waals surface area contributed by atoms with Gasteiger partial charge in [-0.05, 0) is 34.7 Å². The number of halogens is 1. The Balaban J connectivity index is 2.51. The van der Waals surface area contributed by atoms with Gasteiger partial charge in [-0.3, -0.25) is 4.79 Å². The molecule has 0 saturated heterocycles. The molecule has 1 heterocycles. The lowest BCUT2D eigenvalue weighted by Crippen LogP contribution is -2.26. The molecule has 0 aliphatic heterocycles. The highest BCUT2D eigenvalue weighted by atomic mass is 79.9. The van der Waals surface area contributed by atoms with E-state index < -0.39 is 0 Å². The van der Waals surface area contributed by atoms with E-state index in [9.17, 15) is 4.79 Å². The highest BCUT2D eigenvalue weighted by molar-refractivity contribution is 9.10. The molecule has 0 aromatic carbocycles. The first-order valence-electron chi connectivity index (χ1n) is 7.13. The van der Waals surface area contributed by atoms with Crippen molar-refractivity contribution < 1.29 is 4.74 Å². The van der Waals surface area contributed by atoms with Crippen LogP contribution in [0.2, 0.25) is 0 Å². The molecule has 0 unspecified atom stereocenters. The number of nitrogens with zero attached hydrogens (tertiary/aromatic N) is 2. The summed E-state index contributed by atoms with van der Waals surface area (Å²) in [7, 11) is 0. The third-order valence-electron chi connectivity index (χ3n) is 2.65. The highest BCUT2D eigenvalue weighted by Gasteiger charge is 2.09. The van der Waals surface area contributed by atoms with Crippen LogP contribution in [-0.2, 0) is 11.3 Å². The first kappa shape index (κ1) is 17.2. The zero-order valence-corrected chi connectivity index (χ0v) is 14.1. The van der Waals surface area contributed by atoms with Crippen LogP contribution in [0.5, 0.6) is 0 Å². The molecule has 0 amide bonds. The predicted octanol–water partition coefficient (Wildman–Crippen LogP) is 2.89. The molecule has 6 heteroatoms. The number of hydrogen-bond donors (Lipinski definition) is 1. The molecule has 0 atom stereocenters. The van der Waals surface area contributed by atoms with Crippen molar-refractivity contribution in [1.82, 2.24) is 9.78 Å². The molecule has 1 aromatic heterocycles. The van der Waals surface area contributed by atoms with Crippen LogP contribution in [0.25, 0.3) is 0 Å². The van der Waals surface area contributed by atoms with Crippen LogP contribution in [-0.4, -0.2) is 29.5 Å². The minimum Gasteiger partial charge on any atom is -0.383 e. The quantitative estimate of drug-likeness (QED) is 0.699. The van der Waals surface area contributed by atoms with E-state index in [4.69, 9.17) is 4.74 Å². The third kappa shape index (κ3) is 5.63. The molecule has 0 spiro atoms. The van der Waals surface area contributed by atoms with Crippen molar-refractivity contribution in [2.24, 2.45) is 5.92 Å². The third-order valence-corrected chi connectivity index (χ3v) is 3.42. The summed E-state index contributed by atoms with van der Waals surface area (Å²) in [5, 5.41) is 7.40. The zero-order chi connectivity index (χ0) is 15.0. The van der Waals surface area contributed by atoms with Crippen molar-refractivity contribution in [3.63, 3.8) is 0 Å². The van der Waals surface area contributed by atoms with Crippen LogP contribution in [0.1, 0.15) is 33.6 Å². The summed E-state index contributed by atoms with van der Waals surface area (Å²) < 4.78 is 7.44. The average Bonchev–Trinajstić information content (AvgIpc) is 2.41. The normalized spacial score (nSPS) is 11.1. The molecule has 0 radical (unpaired) electrons. The molecule has 0 aliphatic rings. The van der Waals surface area contributed by atoms with Crippen LogP contribution in [0, 0.1) is 5.92 Å². The summed E-state index contributed by atoms with van der Waals surface area (Å²) >= 11 is 3.35. The standard InChI is InChI=1S/C14H24BrN3O2/c1-4-7-20-8-5-6-16-12-9-17-18(10-11(2)3)14(19)13(12)15/h9,11,16H,4-8,10H2,1-3H3. The Morgan fingerprint density at radius 2 is 2.20 bits per heavy atom. The van der Waals surface area contributed by atoms with Gasteiger partial charge in [0, 0.05) is 26.3 Å². The number of anilines is 1. The number of nitrogens with one attached hydrogen (secondary N) is 1. The maximum Gasteiger partial charge on any atom is 0.283 e. The Labute approximate surface area is 128 Å². The maximum absolute atomic E-state index is 12.1. The van der Waals surface area contributed by atoms with Crippen molar-refractivity contribution >= 4 is 21.6 Å². The maximum atomic E-state index is 12.1. The van der Waals surface area contributed by atoms with Crippen LogP contribution >= 0.6 is 15.9 Å². The van der Waals surface area contributed by atoms with Gasteiger partial charge in [-0.25, -0.2) is 4.68 Å². The van der Waals surface area contributed by atoms with Gasteiger partial charge in [-0.15, -0.1) is 0 Å². The van der Waals surface area contributed by atoms with Crippen molar-refractivity contribution in [3.8, 4) is 0 Å². The Morgan fingerprint density at radius 3 is 2.85 bits per heavy atom. The van der Waals surface area contributed by atoms with Crippen molar-refractivity contribution in [2.75, 3.05) is 25.1 Å². The van der Waals surface area contributed by atoms with Crippen molar-refractivity contribution in [1.29, 1.82) is 0 Å². The number of ether oxygens (including phenoxy) is 1. The van der Waals surface area contributed by atoms with E-state index in [0.717, 1.165) is 38.3 Å². The second kappa shape index (κ2) is 9.13. The lowest BCUT2D eigenvalue weighted by Gasteiger charge is -2.11. The van der Waals surface area contributed by atoms with Gasteiger partial charge in [-0.1, -0.05) is 20.8 Å². The average molecular weight is 346 g/mol. The Hall–Kier alpha value is -0.880. The van der Waals surface area contributed by atoms with Gasteiger partial charge in [0.2, 0.25) is 0 Å². The summed E-state index contributed by atoms with van der Waals surface area (Å²) in [6.45, 7) is 9.13. The van der Waals surface area contributed by atoms with Gasteiger partial charge in [0.05, 0.1) is 11.9 Å². The van der Waals surface area contributed by atoms with Gasteiger partial charge < -0.3 is 10.1 Å².